The van der Waals surface area contributed by atoms with E-state index in [-0.39, 0.29) is 26.3 Å². The fourth-order valence-corrected chi connectivity index (χ4v) is 2.21. The zero-order valence-electron chi connectivity index (χ0n) is 14.4. The Hall–Kier alpha value is -1.30. The zero-order valence-corrected chi connectivity index (χ0v) is 14.4. The van der Waals surface area contributed by atoms with Crippen molar-refractivity contribution in [1.82, 2.24) is 10.2 Å². The summed E-state index contributed by atoms with van der Waals surface area (Å²) in [6.45, 7) is 4.86. The number of aliphatic carboxylic acids is 2. The molecule has 1 rings (SSSR count). The van der Waals surface area contributed by atoms with E-state index in [0.717, 1.165) is 0 Å². The van der Waals surface area contributed by atoms with Crippen molar-refractivity contribution in [3.05, 3.63) is 0 Å². The van der Waals surface area contributed by atoms with Crippen LogP contribution in [0.2, 0.25) is 0 Å². The van der Waals surface area contributed by atoms with Crippen LogP contribution in [0.15, 0.2) is 0 Å². The van der Waals surface area contributed by atoms with E-state index in [9.17, 15) is 9.59 Å². The molecule has 0 aromatic carbocycles. The lowest BCUT2D eigenvalue weighted by Gasteiger charge is -2.25. The highest BCUT2D eigenvalue weighted by atomic mass is 16.5. The van der Waals surface area contributed by atoms with Gasteiger partial charge in [-0.25, -0.2) is 9.59 Å². The van der Waals surface area contributed by atoms with Crippen LogP contribution in [-0.4, -0.2) is 112 Å². The minimum Gasteiger partial charge on any atom is -0.480 e. The van der Waals surface area contributed by atoms with Gasteiger partial charge in [-0.3, -0.25) is 4.90 Å². The first-order valence-electron chi connectivity index (χ1n) is 8.34. The van der Waals surface area contributed by atoms with Crippen molar-refractivity contribution in [3.63, 3.8) is 0 Å². The van der Waals surface area contributed by atoms with Crippen molar-refractivity contribution < 1.29 is 38.7 Å². The molecular formula is C15H28N2O8. The number of hydrogen-bond acceptors (Lipinski definition) is 8. The molecule has 1 saturated heterocycles. The van der Waals surface area contributed by atoms with E-state index in [1.807, 2.05) is 0 Å². The van der Waals surface area contributed by atoms with Crippen LogP contribution in [-0.2, 0) is 28.5 Å². The summed E-state index contributed by atoms with van der Waals surface area (Å²) in [5, 5.41) is 21.5. The molecule has 1 aliphatic heterocycles. The molecule has 0 aromatic rings. The third-order valence-corrected chi connectivity index (χ3v) is 3.47. The van der Waals surface area contributed by atoms with Crippen molar-refractivity contribution in [2.75, 3.05) is 79.0 Å². The van der Waals surface area contributed by atoms with E-state index < -0.39 is 18.0 Å². The molecule has 0 bridgehead atoms. The van der Waals surface area contributed by atoms with Crippen molar-refractivity contribution in [2.45, 2.75) is 6.04 Å². The number of rotatable bonds is 3. The highest BCUT2D eigenvalue weighted by Gasteiger charge is 2.32. The van der Waals surface area contributed by atoms with E-state index in [1.165, 1.54) is 4.90 Å². The highest BCUT2D eigenvalue weighted by molar-refractivity contribution is 5.97. The van der Waals surface area contributed by atoms with Crippen LogP contribution in [0.4, 0.5) is 0 Å². The Bertz CT molecular complexity index is 351. The van der Waals surface area contributed by atoms with Gasteiger partial charge in [0.25, 0.3) is 0 Å². The Balaban J connectivity index is 2.49. The molecule has 1 heterocycles. The van der Waals surface area contributed by atoms with Gasteiger partial charge in [0.2, 0.25) is 6.04 Å². The summed E-state index contributed by atoms with van der Waals surface area (Å²) in [6.07, 6.45) is 0. The predicted molar refractivity (Wildman–Crippen MR) is 86.8 cm³/mol. The van der Waals surface area contributed by atoms with Crippen LogP contribution in [0.25, 0.3) is 0 Å². The van der Waals surface area contributed by atoms with Crippen LogP contribution >= 0.6 is 0 Å². The predicted octanol–water partition coefficient (Wildman–Crippen LogP) is -1.50. The van der Waals surface area contributed by atoms with Gasteiger partial charge in [0.1, 0.15) is 0 Å². The number of carboxylic acids is 2. The third kappa shape index (κ3) is 10.3. The van der Waals surface area contributed by atoms with Gasteiger partial charge >= 0.3 is 11.9 Å². The molecule has 0 radical (unpaired) electrons. The van der Waals surface area contributed by atoms with Crippen LogP contribution < -0.4 is 5.32 Å². The smallest absolute Gasteiger partial charge is 0.332 e. The fraction of sp³-hybridized carbons (Fsp3) is 0.867. The SMILES string of the molecule is O=C(O)C(C(=O)O)N1CCOCCOCCNCCOCCOCC1. The normalized spacial score (nSPS) is 21.3. The van der Waals surface area contributed by atoms with E-state index in [0.29, 0.717) is 52.7 Å². The molecule has 10 heteroatoms. The van der Waals surface area contributed by atoms with Crippen LogP contribution in [0.1, 0.15) is 0 Å². The summed E-state index contributed by atoms with van der Waals surface area (Å²) in [5.74, 6) is -2.82. The minimum atomic E-state index is -1.63. The van der Waals surface area contributed by atoms with Gasteiger partial charge in [-0.15, -0.1) is 0 Å². The summed E-state index contributed by atoms with van der Waals surface area (Å²) >= 11 is 0. The Morgan fingerprint density at radius 1 is 0.720 bits per heavy atom. The topological polar surface area (TPSA) is 127 Å². The van der Waals surface area contributed by atoms with E-state index >= 15 is 0 Å². The quantitative estimate of drug-likeness (QED) is 0.509. The summed E-state index contributed by atoms with van der Waals surface area (Å²) < 4.78 is 21.5. The molecule has 0 amide bonds. The first kappa shape index (κ1) is 21.7. The monoisotopic (exact) mass is 364 g/mol. The Kier molecular flexibility index (Phi) is 12.1. The first-order chi connectivity index (χ1) is 12.1. The summed E-state index contributed by atoms with van der Waals surface area (Å²) in [4.78, 5) is 23.8. The zero-order chi connectivity index (χ0) is 18.3. The molecule has 146 valence electrons. The average molecular weight is 364 g/mol. The molecule has 0 spiro atoms. The van der Waals surface area contributed by atoms with E-state index in [2.05, 4.69) is 5.32 Å². The summed E-state index contributed by atoms with van der Waals surface area (Å²) in [6, 6.07) is -1.63. The van der Waals surface area contributed by atoms with Crippen molar-refractivity contribution in [2.24, 2.45) is 0 Å². The maximum Gasteiger partial charge on any atom is 0.332 e. The third-order valence-electron chi connectivity index (χ3n) is 3.47. The fourth-order valence-electron chi connectivity index (χ4n) is 2.21. The second-order valence-electron chi connectivity index (χ2n) is 5.31. The van der Waals surface area contributed by atoms with Crippen molar-refractivity contribution in [1.29, 1.82) is 0 Å². The molecule has 0 unspecified atom stereocenters. The van der Waals surface area contributed by atoms with Gasteiger partial charge in [-0.05, 0) is 0 Å². The number of hydrogen-bond donors (Lipinski definition) is 3. The maximum absolute atomic E-state index is 11.2. The van der Waals surface area contributed by atoms with E-state index in [1.54, 1.807) is 0 Å². The van der Waals surface area contributed by atoms with E-state index in [4.69, 9.17) is 29.2 Å². The van der Waals surface area contributed by atoms with Crippen LogP contribution in [0.3, 0.4) is 0 Å². The van der Waals surface area contributed by atoms with Gasteiger partial charge in [-0.2, -0.15) is 0 Å². The molecule has 10 nitrogen and oxygen atoms in total. The lowest BCUT2D eigenvalue weighted by Crippen LogP contribution is -2.49. The Morgan fingerprint density at radius 3 is 1.52 bits per heavy atom. The summed E-state index contributed by atoms with van der Waals surface area (Å²) in [5.41, 5.74) is 0. The molecule has 3 N–H and O–H groups in total. The van der Waals surface area contributed by atoms with Gasteiger partial charge in [0, 0.05) is 26.2 Å². The molecule has 0 atom stereocenters. The minimum absolute atomic E-state index is 0.171. The van der Waals surface area contributed by atoms with Crippen molar-refractivity contribution in [3.8, 4) is 0 Å². The maximum atomic E-state index is 11.2. The lowest BCUT2D eigenvalue weighted by atomic mass is 10.2. The molecule has 1 fully saturated rings. The van der Waals surface area contributed by atoms with Crippen LogP contribution in [0.5, 0.6) is 0 Å². The first-order valence-corrected chi connectivity index (χ1v) is 8.34. The largest absolute Gasteiger partial charge is 0.480 e. The van der Waals surface area contributed by atoms with Gasteiger partial charge in [0.15, 0.2) is 0 Å². The number of nitrogens with zero attached hydrogens (tertiary/aromatic N) is 1. The number of carbonyl (C=O) groups is 2. The van der Waals surface area contributed by atoms with Gasteiger partial charge in [0.05, 0.1) is 52.9 Å². The highest BCUT2D eigenvalue weighted by Crippen LogP contribution is 2.02. The van der Waals surface area contributed by atoms with Crippen molar-refractivity contribution >= 4 is 11.9 Å². The molecule has 1 aliphatic rings. The molecule has 0 aliphatic carbocycles. The second kappa shape index (κ2) is 13.9. The lowest BCUT2D eigenvalue weighted by molar-refractivity contribution is -0.157. The molecular weight excluding hydrogens is 336 g/mol. The van der Waals surface area contributed by atoms with Crippen LogP contribution in [0, 0.1) is 0 Å². The molecule has 25 heavy (non-hydrogen) atoms. The number of carboxylic acid groups (broad SMARTS) is 2. The number of ether oxygens (including phenoxy) is 4. The Morgan fingerprint density at radius 2 is 1.12 bits per heavy atom. The second-order valence-corrected chi connectivity index (χ2v) is 5.31. The standard InChI is InChI=1S/C15H28N2O8/c18-14(19)13(15(20)21)17-3-7-24-11-9-22-5-1-16-2-6-23-10-12-25-8-4-17/h13,16H,1-12H2,(H,18,19)(H,20,21). The number of nitrogens with one attached hydrogen (secondary N) is 1. The average Bonchev–Trinajstić information content (AvgIpc) is 2.55. The van der Waals surface area contributed by atoms with Gasteiger partial charge < -0.3 is 34.5 Å². The van der Waals surface area contributed by atoms with Gasteiger partial charge in [-0.1, -0.05) is 0 Å². The Labute approximate surface area is 147 Å². The molecule has 0 aromatic heterocycles. The molecule has 0 saturated carbocycles. The summed E-state index contributed by atoms with van der Waals surface area (Å²) in [7, 11) is 0.